The lowest BCUT2D eigenvalue weighted by Gasteiger charge is -2.18. The molecule has 1 aliphatic heterocycles. The second-order valence-electron chi connectivity index (χ2n) is 6.64. The number of hydrogen-bond acceptors (Lipinski definition) is 5. The van der Waals surface area contributed by atoms with Crippen LogP contribution < -0.4 is 5.73 Å². The monoisotopic (exact) mass is 367 g/mol. The SMILES string of the molecule is Cc1oc(-c2cccs2)nc1CC(=O)N1CC2CCC(N)C2C1.Cl. The predicted molar refractivity (Wildman–Crippen MR) is 96.3 cm³/mol. The maximum atomic E-state index is 12.6. The number of thiophene rings is 1. The molecule has 0 radical (unpaired) electrons. The number of halogens is 1. The summed E-state index contributed by atoms with van der Waals surface area (Å²) in [5, 5.41) is 1.99. The van der Waals surface area contributed by atoms with E-state index in [4.69, 9.17) is 10.2 Å². The summed E-state index contributed by atoms with van der Waals surface area (Å²) in [7, 11) is 0. The minimum atomic E-state index is 0. The molecule has 3 atom stereocenters. The van der Waals surface area contributed by atoms with Crippen LogP contribution >= 0.6 is 23.7 Å². The third kappa shape index (κ3) is 3.10. The number of nitrogens with two attached hydrogens (primary N) is 1. The standard InChI is InChI=1S/C17H21N3O2S.ClH/c1-10-14(19-17(22-10)15-3-2-6-23-15)7-16(21)20-8-11-4-5-13(18)12(11)9-20;/h2-3,6,11-13H,4-5,7-9,18H2,1H3;1H. The predicted octanol–water partition coefficient (Wildman–Crippen LogP) is 2.87. The Kier molecular flexibility index (Phi) is 4.99. The van der Waals surface area contributed by atoms with E-state index in [1.54, 1.807) is 11.3 Å². The molecule has 1 saturated heterocycles. The highest BCUT2D eigenvalue weighted by atomic mass is 35.5. The highest BCUT2D eigenvalue weighted by Crippen LogP contribution is 2.37. The molecular formula is C17H22ClN3O2S. The Hall–Kier alpha value is -1.37. The summed E-state index contributed by atoms with van der Waals surface area (Å²) in [6, 6.07) is 4.21. The fraction of sp³-hybridized carbons (Fsp3) is 0.529. The van der Waals surface area contributed by atoms with Crippen LogP contribution in [0.1, 0.15) is 24.3 Å². The van der Waals surface area contributed by atoms with E-state index in [2.05, 4.69) is 4.98 Å². The van der Waals surface area contributed by atoms with Crippen molar-refractivity contribution in [3.05, 3.63) is 29.0 Å². The van der Waals surface area contributed by atoms with Crippen molar-refractivity contribution in [1.82, 2.24) is 9.88 Å². The molecule has 2 aromatic heterocycles. The molecule has 7 heteroatoms. The van der Waals surface area contributed by atoms with Gasteiger partial charge >= 0.3 is 0 Å². The number of carbonyl (C=O) groups excluding carboxylic acids is 1. The number of amides is 1. The number of aromatic nitrogens is 1. The van der Waals surface area contributed by atoms with Crippen molar-refractivity contribution >= 4 is 29.7 Å². The first-order valence-corrected chi connectivity index (χ1v) is 9.03. The largest absolute Gasteiger partial charge is 0.440 e. The molecule has 0 bridgehead atoms. The summed E-state index contributed by atoms with van der Waals surface area (Å²) in [5.41, 5.74) is 6.90. The second-order valence-corrected chi connectivity index (χ2v) is 7.59. The smallest absolute Gasteiger partial charge is 0.236 e. The third-order valence-electron chi connectivity index (χ3n) is 5.21. The summed E-state index contributed by atoms with van der Waals surface area (Å²) in [4.78, 5) is 20.1. The number of rotatable bonds is 3. The number of oxazole rings is 1. The average molecular weight is 368 g/mol. The Morgan fingerprint density at radius 3 is 3.00 bits per heavy atom. The van der Waals surface area contributed by atoms with Crippen molar-refractivity contribution in [1.29, 1.82) is 0 Å². The summed E-state index contributed by atoms with van der Waals surface area (Å²) >= 11 is 1.59. The fourth-order valence-electron chi connectivity index (χ4n) is 3.86. The van der Waals surface area contributed by atoms with E-state index in [0.29, 0.717) is 24.1 Å². The summed E-state index contributed by atoms with van der Waals surface area (Å²) in [6.07, 6.45) is 2.57. The molecule has 2 aromatic rings. The number of fused-ring (bicyclic) bond motifs is 1. The van der Waals surface area contributed by atoms with Crippen molar-refractivity contribution < 1.29 is 9.21 Å². The highest BCUT2D eigenvalue weighted by molar-refractivity contribution is 7.13. The zero-order valence-electron chi connectivity index (χ0n) is 13.6. The Morgan fingerprint density at radius 2 is 2.29 bits per heavy atom. The number of likely N-dealkylation sites (tertiary alicyclic amines) is 1. The van der Waals surface area contributed by atoms with Crippen LogP contribution in [-0.2, 0) is 11.2 Å². The molecule has 1 amide bonds. The molecule has 130 valence electrons. The lowest BCUT2D eigenvalue weighted by atomic mass is 9.98. The van der Waals surface area contributed by atoms with Gasteiger partial charge in [-0.15, -0.1) is 23.7 Å². The molecule has 0 spiro atoms. The van der Waals surface area contributed by atoms with E-state index in [-0.39, 0.29) is 24.4 Å². The van der Waals surface area contributed by atoms with Crippen LogP contribution in [0.15, 0.2) is 21.9 Å². The lowest BCUT2D eigenvalue weighted by molar-refractivity contribution is -0.129. The number of carbonyl (C=O) groups is 1. The van der Waals surface area contributed by atoms with Crippen LogP contribution in [0.3, 0.4) is 0 Å². The summed E-state index contributed by atoms with van der Waals surface area (Å²) < 4.78 is 5.72. The van der Waals surface area contributed by atoms with Crippen LogP contribution in [0.5, 0.6) is 0 Å². The molecule has 1 saturated carbocycles. The Balaban J connectivity index is 0.00000169. The van der Waals surface area contributed by atoms with Crippen LogP contribution in [0.2, 0.25) is 0 Å². The lowest BCUT2D eigenvalue weighted by Crippen LogP contribution is -2.34. The van der Waals surface area contributed by atoms with Gasteiger partial charge in [-0.3, -0.25) is 4.79 Å². The van der Waals surface area contributed by atoms with Gasteiger partial charge in [0.25, 0.3) is 0 Å². The first-order valence-electron chi connectivity index (χ1n) is 8.15. The van der Waals surface area contributed by atoms with E-state index in [9.17, 15) is 4.79 Å². The number of aryl methyl sites for hydroxylation is 1. The van der Waals surface area contributed by atoms with E-state index < -0.39 is 0 Å². The van der Waals surface area contributed by atoms with E-state index in [1.165, 1.54) is 0 Å². The molecule has 0 aromatic carbocycles. The zero-order chi connectivity index (χ0) is 16.0. The Bertz CT molecular complexity index is 715. The van der Waals surface area contributed by atoms with Crippen LogP contribution in [0.4, 0.5) is 0 Å². The maximum absolute atomic E-state index is 12.6. The van der Waals surface area contributed by atoms with E-state index in [0.717, 1.165) is 42.3 Å². The van der Waals surface area contributed by atoms with Gasteiger partial charge in [-0.2, -0.15) is 0 Å². The van der Waals surface area contributed by atoms with Gasteiger partial charge in [0.05, 0.1) is 17.0 Å². The van der Waals surface area contributed by atoms with Gasteiger partial charge in [-0.25, -0.2) is 4.98 Å². The van der Waals surface area contributed by atoms with Crippen molar-refractivity contribution in [2.45, 2.75) is 32.2 Å². The Labute approximate surface area is 151 Å². The van der Waals surface area contributed by atoms with Gasteiger partial charge in [0.2, 0.25) is 11.8 Å². The first-order chi connectivity index (χ1) is 11.1. The molecular weight excluding hydrogens is 346 g/mol. The molecule has 5 nitrogen and oxygen atoms in total. The minimum absolute atomic E-state index is 0. The number of hydrogen-bond donors (Lipinski definition) is 1. The first kappa shape index (κ1) is 17.5. The van der Waals surface area contributed by atoms with Gasteiger partial charge in [0.1, 0.15) is 5.76 Å². The van der Waals surface area contributed by atoms with Gasteiger partial charge in [0, 0.05) is 19.1 Å². The minimum Gasteiger partial charge on any atom is -0.440 e. The fourth-order valence-corrected chi connectivity index (χ4v) is 4.51. The normalized spacial score (nSPS) is 25.6. The van der Waals surface area contributed by atoms with Crippen molar-refractivity contribution in [3.8, 4) is 10.8 Å². The molecule has 2 fully saturated rings. The van der Waals surface area contributed by atoms with Crippen molar-refractivity contribution in [2.75, 3.05) is 13.1 Å². The summed E-state index contributed by atoms with van der Waals surface area (Å²) in [5.74, 6) is 2.56. The van der Waals surface area contributed by atoms with Crippen molar-refractivity contribution in [3.63, 3.8) is 0 Å². The second kappa shape index (κ2) is 6.86. The Morgan fingerprint density at radius 1 is 1.46 bits per heavy atom. The maximum Gasteiger partial charge on any atom is 0.236 e. The van der Waals surface area contributed by atoms with Crippen molar-refractivity contribution in [2.24, 2.45) is 17.6 Å². The molecule has 1 aliphatic carbocycles. The molecule has 2 N–H and O–H groups in total. The molecule has 2 aliphatic rings. The highest BCUT2D eigenvalue weighted by Gasteiger charge is 2.42. The zero-order valence-corrected chi connectivity index (χ0v) is 15.2. The van der Waals surface area contributed by atoms with E-state index in [1.807, 2.05) is 29.3 Å². The van der Waals surface area contributed by atoms with Gasteiger partial charge in [0.15, 0.2) is 0 Å². The van der Waals surface area contributed by atoms with Gasteiger partial charge in [-0.1, -0.05) is 6.07 Å². The molecule has 3 unspecified atom stereocenters. The van der Waals surface area contributed by atoms with Crippen LogP contribution in [0, 0.1) is 18.8 Å². The van der Waals surface area contributed by atoms with E-state index >= 15 is 0 Å². The van der Waals surface area contributed by atoms with Gasteiger partial charge in [-0.05, 0) is 43.0 Å². The van der Waals surface area contributed by atoms with Crippen LogP contribution in [-0.4, -0.2) is 34.9 Å². The molecule has 24 heavy (non-hydrogen) atoms. The molecule has 3 heterocycles. The molecule has 4 rings (SSSR count). The average Bonchev–Trinajstić information content (AvgIpc) is 3.27. The summed E-state index contributed by atoms with van der Waals surface area (Å²) in [6.45, 7) is 3.53. The third-order valence-corrected chi connectivity index (χ3v) is 6.07. The van der Waals surface area contributed by atoms with Gasteiger partial charge < -0.3 is 15.1 Å². The topological polar surface area (TPSA) is 72.4 Å². The van der Waals surface area contributed by atoms with Crippen LogP contribution in [0.25, 0.3) is 10.8 Å². The quantitative estimate of drug-likeness (QED) is 0.905. The number of nitrogens with zero attached hydrogens (tertiary/aromatic N) is 2.